The second-order valence-electron chi connectivity index (χ2n) is 5.12. The molecule has 0 spiro atoms. The van der Waals surface area contributed by atoms with Crippen LogP contribution in [0.25, 0.3) is 0 Å². The fraction of sp³-hybridized carbons (Fsp3) is 0.500. The van der Waals surface area contributed by atoms with E-state index in [0.29, 0.717) is 13.2 Å². The first-order valence-electron chi connectivity index (χ1n) is 5.47. The van der Waals surface area contributed by atoms with Crippen molar-refractivity contribution in [3.8, 4) is 0 Å². The zero-order chi connectivity index (χ0) is 11.8. The lowest BCUT2D eigenvalue weighted by Crippen LogP contribution is -2.48. The predicted octanol–water partition coefficient (Wildman–Crippen LogP) is 1.90. The highest BCUT2D eigenvalue weighted by Gasteiger charge is 2.34. The van der Waals surface area contributed by atoms with E-state index >= 15 is 0 Å². The van der Waals surface area contributed by atoms with Crippen molar-refractivity contribution in [2.75, 3.05) is 13.2 Å². The molecule has 0 N–H and O–H groups in total. The molecule has 0 amide bonds. The summed E-state index contributed by atoms with van der Waals surface area (Å²) in [6, 6.07) is 4.68. The third-order valence-electron chi connectivity index (χ3n) is 2.75. The van der Waals surface area contributed by atoms with E-state index in [-0.39, 0.29) is 11.2 Å². The van der Waals surface area contributed by atoms with Crippen LogP contribution in [-0.2, 0) is 9.31 Å². The van der Waals surface area contributed by atoms with Crippen LogP contribution in [0.5, 0.6) is 0 Å². The minimum Gasteiger partial charge on any atom is -0.407 e. The van der Waals surface area contributed by atoms with Crippen molar-refractivity contribution in [3.63, 3.8) is 0 Å². The average Bonchev–Trinajstić information content (AvgIpc) is 2.22. The second kappa shape index (κ2) is 4.19. The van der Waals surface area contributed by atoms with Crippen LogP contribution in [0.15, 0.2) is 18.2 Å². The van der Waals surface area contributed by atoms with Gasteiger partial charge in [0.25, 0.3) is 0 Å². The molecule has 0 aliphatic carbocycles. The summed E-state index contributed by atoms with van der Waals surface area (Å²) in [5, 5.41) is 0. The maximum absolute atomic E-state index is 13.1. The number of aryl methyl sites for hydroxylation is 1. The maximum Gasteiger partial charge on any atom is 0.494 e. The number of hydrogen-bond acceptors (Lipinski definition) is 2. The van der Waals surface area contributed by atoms with Crippen molar-refractivity contribution in [2.45, 2.75) is 20.8 Å². The molecule has 0 atom stereocenters. The van der Waals surface area contributed by atoms with Crippen molar-refractivity contribution in [1.29, 1.82) is 0 Å². The molecule has 2 nitrogen and oxygen atoms in total. The van der Waals surface area contributed by atoms with Crippen molar-refractivity contribution >= 4 is 12.6 Å². The molecule has 0 unspecified atom stereocenters. The summed E-state index contributed by atoms with van der Waals surface area (Å²) < 4.78 is 24.4. The van der Waals surface area contributed by atoms with Gasteiger partial charge >= 0.3 is 7.12 Å². The fourth-order valence-electron chi connectivity index (χ4n) is 1.74. The zero-order valence-corrected chi connectivity index (χ0v) is 9.92. The van der Waals surface area contributed by atoms with Gasteiger partial charge < -0.3 is 9.31 Å². The van der Waals surface area contributed by atoms with E-state index in [1.807, 2.05) is 6.92 Å². The van der Waals surface area contributed by atoms with Gasteiger partial charge in [0, 0.05) is 18.6 Å². The van der Waals surface area contributed by atoms with Gasteiger partial charge in [0.05, 0.1) is 0 Å². The van der Waals surface area contributed by atoms with Gasteiger partial charge in [0.1, 0.15) is 5.82 Å². The standard InChI is InChI=1S/C12H16BFO2/c1-9-4-5-10(14)6-11(9)13-15-7-12(2,3)8-16-13/h4-6H,7-8H2,1-3H3. The molecule has 0 bridgehead atoms. The molecule has 0 aromatic heterocycles. The molecule has 0 saturated carbocycles. The second-order valence-corrected chi connectivity index (χ2v) is 5.12. The van der Waals surface area contributed by atoms with E-state index in [2.05, 4.69) is 13.8 Å². The minimum atomic E-state index is -0.427. The third-order valence-corrected chi connectivity index (χ3v) is 2.75. The van der Waals surface area contributed by atoms with Gasteiger partial charge in [-0.05, 0) is 24.5 Å². The Morgan fingerprint density at radius 2 is 1.88 bits per heavy atom. The van der Waals surface area contributed by atoms with Gasteiger partial charge in [-0.1, -0.05) is 25.5 Å². The molecule has 1 aliphatic rings. The summed E-state index contributed by atoms with van der Waals surface area (Å²) in [6.07, 6.45) is 0. The molecule has 1 aromatic carbocycles. The third kappa shape index (κ3) is 2.44. The molecule has 1 saturated heterocycles. The van der Waals surface area contributed by atoms with E-state index in [1.165, 1.54) is 12.1 Å². The summed E-state index contributed by atoms with van der Waals surface area (Å²) in [6.45, 7) is 7.37. The first-order chi connectivity index (χ1) is 7.48. The number of halogens is 1. The molecule has 1 aliphatic heterocycles. The Hall–Kier alpha value is -0.865. The van der Waals surface area contributed by atoms with Crippen LogP contribution < -0.4 is 5.46 Å². The summed E-state index contributed by atoms with van der Waals surface area (Å²) in [4.78, 5) is 0. The highest BCUT2D eigenvalue weighted by molar-refractivity contribution is 6.62. The molecular weight excluding hydrogens is 206 g/mol. The Kier molecular flexibility index (Phi) is 3.04. The van der Waals surface area contributed by atoms with Crippen LogP contribution in [0.4, 0.5) is 4.39 Å². The van der Waals surface area contributed by atoms with Crippen LogP contribution in [0, 0.1) is 18.2 Å². The molecular formula is C12H16BFO2. The van der Waals surface area contributed by atoms with Gasteiger partial charge in [-0.15, -0.1) is 0 Å². The first-order valence-corrected chi connectivity index (χ1v) is 5.47. The van der Waals surface area contributed by atoms with Crippen LogP contribution in [0.2, 0.25) is 0 Å². The fourth-order valence-corrected chi connectivity index (χ4v) is 1.74. The smallest absolute Gasteiger partial charge is 0.407 e. The normalized spacial score (nSPS) is 19.9. The van der Waals surface area contributed by atoms with Crippen LogP contribution in [0.1, 0.15) is 19.4 Å². The average molecular weight is 222 g/mol. The Morgan fingerprint density at radius 3 is 2.50 bits per heavy atom. The van der Waals surface area contributed by atoms with Crippen LogP contribution in [0.3, 0.4) is 0 Å². The Morgan fingerprint density at radius 1 is 1.25 bits per heavy atom. The van der Waals surface area contributed by atoms with Gasteiger partial charge in [0.2, 0.25) is 0 Å². The summed E-state index contributed by atoms with van der Waals surface area (Å²) >= 11 is 0. The summed E-state index contributed by atoms with van der Waals surface area (Å²) in [5.74, 6) is -0.252. The Bertz CT molecular complexity index is 383. The molecule has 2 rings (SSSR count). The van der Waals surface area contributed by atoms with Gasteiger partial charge in [0.15, 0.2) is 0 Å². The largest absolute Gasteiger partial charge is 0.494 e. The minimum absolute atomic E-state index is 0.0394. The van der Waals surface area contributed by atoms with Crippen LogP contribution in [-0.4, -0.2) is 20.3 Å². The molecule has 1 fully saturated rings. The molecule has 0 radical (unpaired) electrons. The number of hydrogen-bond donors (Lipinski definition) is 0. The van der Waals surface area contributed by atoms with Gasteiger partial charge in [-0.25, -0.2) is 4.39 Å². The Balaban J connectivity index is 2.17. The van der Waals surface area contributed by atoms with E-state index in [4.69, 9.17) is 9.31 Å². The predicted molar refractivity (Wildman–Crippen MR) is 62.2 cm³/mol. The SMILES string of the molecule is Cc1ccc(F)cc1B1OCC(C)(C)CO1. The Labute approximate surface area is 95.9 Å². The van der Waals surface area contributed by atoms with E-state index < -0.39 is 7.12 Å². The zero-order valence-electron chi connectivity index (χ0n) is 9.92. The lowest BCUT2D eigenvalue weighted by atomic mass is 9.73. The monoisotopic (exact) mass is 222 g/mol. The molecule has 16 heavy (non-hydrogen) atoms. The first kappa shape index (κ1) is 11.6. The highest BCUT2D eigenvalue weighted by Crippen LogP contribution is 2.21. The summed E-state index contributed by atoms with van der Waals surface area (Å²) in [7, 11) is -0.427. The number of rotatable bonds is 1. The van der Waals surface area contributed by atoms with Crippen LogP contribution >= 0.6 is 0 Å². The van der Waals surface area contributed by atoms with Crippen molar-refractivity contribution < 1.29 is 13.7 Å². The maximum atomic E-state index is 13.1. The summed E-state index contributed by atoms with van der Waals surface area (Å²) in [5.41, 5.74) is 1.82. The van der Waals surface area contributed by atoms with Crippen molar-refractivity contribution in [3.05, 3.63) is 29.6 Å². The molecule has 1 heterocycles. The molecule has 4 heteroatoms. The van der Waals surface area contributed by atoms with Crippen molar-refractivity contribution in [1.82, 2.24) is 0 Å². The van der Waals surface area contributed by atoms with Gasteiger partial charge in [-0.3, -0.25) is 0 Å². The van der Waals surface area contributed by atoms with Crippen molar-refractivity contribution in [2.24, 2.45) is 5.41 Å². The van der Waals surface area contributed by atoms with E-state index in [0.717, 1.165) is 11.0 Å². The van der Waals surface area contributed by atoms with E-state index in [1.54, 1.807) is 6.07 Å². The lowest BCUT2D eigenvalue weighted by Gasteiger charge is -2.33. The van der Waals surface area contributed by atoms with Gasteiger partial charge in [-0.2, -0.15) is 0 Å². The highest BCUT2D eigenvalue weighted by atomic mass is 19.1. The molecule has 86 valence electrons. The quantitative estimate of drug-likeness (QED) is 0.675. The van der Waals surface area contributed by atoms with E-state index in [9.17, 15) is 4.39 Å². The topological polar surface area (TPSA) is 18.5 Å². The lowest BCUT2D eigenvalue weighted by molar-refractivity contribution is 0.0342. The molecule has 1 aromatic rings. The number of benzene rings is 1.